The Kier molecular flexibility index (Phi) is 37.3. The number of nitrogens with zero attached hydrogens (tertiary/aromatic N) is 2. The molecular formula is C26H52N2O18. The molecule has 0 N–H and O–H groups in total. The van der Waals surface area contributed by atoms with E-state index < -0.39 is 10.2 Å². The molecule has 0 heterocycles. The summed E-state index contributed by atoms with van der Waals surface area (Å²) in [7, 11) is 0. The van der Waals surface area contributed by atoms with Crippen LogP contribution >= 0.6 is 0 Å². The third kappa shape index (κ3) is 41.9. The zero-order chi connectivity index (χ0) is 33.4. The van der Waals surface area contributed by atoms with Gasteiger partial charge < -0.3 is 66.5 Å². The van der Waals surface area contributed by atoms with Crippen molar-refractivity contribution in [1.82, 2.24) is 0 Å². The van der Waals surface area contributed by atoms with Crippen molar-refractivity contribution < 1.29 is 76.7 Å². The second-order valence-corrected chi connectivity index (χ2v) is 8.46. The van der Waals surface area contributed by atoms with Crippen LogP contribution in [0.5, 0.6) is 0 Å². The monoisotopic (exact) mass is 680 g/mol. The minimum absolute atomic E-state index is 0.0990. The number of hydrogen-bond acceptors (Lipinski definition) is 18. The summed E-state index contributed by atoms with van der Waals surface area (Å²) in [5.74, 6) is 0. The molecule has 0 aliphatic carbocycles. The molecule has 0 rings (SSSR count). The van der Waals surface area contributed by atoms with Crippen molar-refractivity contribution in [2.75, 3.05) is 172 Å². The summed E-state index contributed by atoms with van der Waals surface area (Å²) < 4.78 is 64.1. The Morgan fingerprint density at radius 2 is 0.348 bits per heavy atom. The minimum atomic E-state index is -0.860. The molecule has 0 aliphatic heterocycles. The van der Waals surface area contributed by atoms with E-state index in [1.165, 1.54) is 0 Å². The van der Waals surface area contributed by atoms with E-state index in [0.717, 1.165) is 0 Å². The fourth-order valence-electron chi connectivity index (χ4n) is 2.86. The molecule has 274 valence electrons. The number of ether oxygens (including phenoxy) is 12. The van der Waals surface area contributed by atoms with Gasteiger partial charge in [-0.3, -0.25) is 0 Å². The molecule has 0 unspecified atom stereocenters. The van der Waals surface area contributed by atoms with Crippen molar-refractivity contribution in [3.8, 4) is 0 Å². The molecule has 0 spiro atoms. The van der Waals surface area contributed by atoms with E-state index >= 15 is 0 Å². The van der Waals surface area contributed by atoms with Gasteiger partial charge in [-0.2, -0.15) is 0 Å². The molecule has 0 amide bonds. The van der Waals surface area contributed by atoms with Crippen molar-refractivity contribution in [2.45, 2.75) is 0 Å². The van der Waals surface area contributed by atoms with Crippen LogP contribution in [0.4, 0.5) is 0 Å². The van der Waals surface area contributed by atoms with Gasteiger partial charge in [0.25, 0.3) is 10.2 Å². The Morgan fingerprint density at radius 3 is 0.457 bits per heavy atom. The Morgan fingerprint density at radius 1 is 0.239 bits per heavy atom. The predicted octanol–water partition coefficient (Wildman–Crippen LogP) is -0.398. The van der Waals surface area contributed by atoms with Crippen LogP contribution in [0.2, 0.25) is 0 Å². The van der Waals surface area contributed by atoms with E-state index in [1.807, 2.05) is 0 Å². The van der Waals surface area contributed by atoms with Crippen LogP contribution in [0.15, 0.2) is 0 Å². The second kappa shape index (κ2) is 39.1. The van der Waals surface area contributed by atoms with Crippen molar-refractivity contribution in [3.63, 3.8) is 0 Å². The summed E-state index contributed by atoms with van der Waals surface area (Å²) >= 11 is 0. The first-order valence-corrected chi connectivity index (χ1v) is 15.1. The van der Waals surface area contributed by atoms with Crippen LogP contribution in [0.1, 0.15) is 0 Å². The predicted molar refractivity (Wildman–Crippen MR) is 156 cm³/mol. The summed E-state index contributed by atoms with van der Waals surface area (Å²) in [5.41, 5.74) is 0. The van der Waals surface area contributed by atoms with E-state index in [4.69, 9.17) is 56.8 Å². The van der Waals surface area contributed by atoms with Gasteiger partial charge in [-0.1, -0.05) is 0 Å². The highest BCUT2D eigenvalue weighted by atomic mass is 17.0. The highest BCUT2D eigenvalue weighted by Gasteiger charge is 1.98. The minimum Gasteiger partial charge on any atom is -0.377 e. The zero-order valence-electron chi connectivity index (χ0n) is 26.6. The maximum absolute atomic E-state index is 9.95. The molecule has 0 bridgehead atoms. The topological polar surface area (TPSA) is 215 Å². The van der Waals surface area contributed by atoms with Gasteiger partial charge in [-0.25, -0.2) is 0 Å². The van der Waals surface area contributed by atoms with Gasteiger partial charge in [0, 0.05) is 0 Å². The molecule has 0 aromatic carbocycles. The van der Waals surface area contributed by atoms with E-state index in [1.54, 1.807) is 0 Å². The maximum atomic E-state index is 9.95. The lowest BCUT2D eigenvalue weighted by Gasteiger charge is -2.09. The largest absolute Gasteiger partial charge is 0.377 e. The first-order valence-electron chi connectivity index (χ1n) is 15.1. The average molecular weight is 681 g/mol. The lowest BCUT2D eigenvalue weighted by molar-refractivity contribution is -0.758. The summed E-state index contributed by atoms with van der Waals surface area (Å²) in [6.45, 7) is 9.61. The molecular weight excluding hydrogens is 628 g/mol. The molecule has 0 saturated heterocycles. The molecule has 20 heteroatoms. The Labute approximate surface area is 269 Å². The Bertz CT molecular complexity index is 588. The van der Waals surface area contributed by atoms with E-state index in [2.05, 4.69) is 9.68 Å². The first kappa shape index (κ1) is 43.9. The summed E-state index contributed by atoms with van der Waals surface area (Å²) in [4.78, 5) is 28.1. The summed E-state index contributed by atoms with van der Waals surface area (Å²) in [6.07, 6.45) is 0. The summed E-state index contributed by atoms with van der Waals surface area (Å²) in [5, 5.41) is 18.2. The lowest BCUT2D eigenvalue weighted by Crippen LogP contribution is -2.16. The van der Waals surface area contributed by atoms with Crippen LogP contribution < -0.4 is 0 Å². The van der Waals surface area contributed by atoms with Crippen LogP contribution in [0, 0.1) is 20.2 Å². The van der Waals surface area contributed by atoms with E-state index in [-0.39, 0.29) is 26.4 Å². The molecule has 0 aliphatic rings. The second-order valence-electron chi connectivity index (χ2n) is 8.46. The Balaban J connectivity index is 3.05. The third-order valence-electron chi connectivity index (χ3n) is 4.94. The molecule has 46 heavy (non-hydrogen) atoms. The van der Waals surface area contributed by atoms with Gasteiger partial charge in [0.1, 0.15) is 13.2 Å². The van der Waals surface area contributed by atoms with Crippen molar-refractivity contribution in [2.24, 2.45) is 0 Å². The molecule has 0 atom stereocenters. The molecule has 0 saturated carbocycles. The molecule has 0 radical (unpaired) electrons. The standard InChI is InChI=1S/C26H52N2O18/c29-27(30)45-25-23-43-21-19-41-17-15-39-13-11-37-9-7-35-5-3-33-1-2-34-4-6-36-8-10-38-12-14-40-16-18-42-20-22-44-24-26-46-28(31)32/h1-26H2. The van der Waals surface area contributed by atoms with E-state index in [9.17, 15) is 20.2 Å². The van der Waals surface area contributed by atoms with Gasteiger partial charge in [0.15, 0.2) is 0 Å². The van der Waals surface area contributed by atoms with Gasteiger partial charge in [-0.05, 0) is 0 Å². The highest BCUT2D eigenvalue weighted by Crippen LogP contribution is 1.88. The smallest absolute Gasteiger partial charge is 0.294 e. The molecule has 0 fully saturated rings. The van der Waals surface area contributed by atoms with Gasteiger partial charge in [0.05, 0.1) is 159 Å². The molecule has 0 aromatic rings. The van der Waals surface area contributed by atoms with Gasteiger partial charge in [-0.15, -0.1) is 20.2 Å². The fourth-order valence-corrected chi connectivity index (χ4v) is 2.86. The van der Waals surface area contributed by atoms with Crippen LogP contribution in [0.25, 0.3) is 0 Å². The van der Waals surface area contributed by atoms with Crippen molar-refractivity contribution in [3.05, 3.63) is 20.2 Å². The van der Waals surface area contributed by atoms with Gasteiger partial charge in [0.2, 0.25) is 0 Å². The normalized spacial score (nSPS) is 11.2. The molecule has 0 aromatic heterocycles. The maximum Gasteiger partial charge on any atom is 0.294 e. The Hall–Kier alpha value is -2.08. The van der Waals surface area contributed by atoms with Crippen LogP contribution in [-0.2, 0) is 66.5 Å². The highest BCUT2D eigenvalue weighted by molar-refractivity contribution is 4.39. The van der Waals surface area contributed by atoms with Crippen molar-refractivity contribution >= 4 is 0 Å². The van der Waals surface area contributed by atoms with Crippen LogP contribution in [0.3, 0.4) is 0 Å². The lowest BCUT2D eigenvalue weighted by atomic mass is 10.6. The number of rotatable bonds is 41. The third-order valence-corrected chi connectivity index (χ3v) is 4.94. The summed E-state index contributed by atoms with van der Waals surface area (Å²) in [6, 6.07) is 0. The van der Waals surface area contributed by atoms with Crippen LogP contribution in [-0.4, -0.2) is 182 Å². The first-order chi connectivity index (χ1) is 22.6. The fraction of sp³-hybridized carbons (Fsp3) is 1.00. The van der Waals surface area contributed by atoms with E-state index in [0.29, 0.717) is 145 Å². The number of hydrogen-bond donors (Lipinski definition) is 0. The zero-order valence-corrected chi connectivity index (χ0v) is 26.6. The quantitative estimate of drug-likeness (QED) is 0.0456. The van der Waals surface area contributed by atoms with Crippen molar-refractivity contribution in [1.29, 1.82) is 0 Å². The van der Waals surface area contributed by atoms with Gasteiger partial charge >= 0.3 is 0 Å². The SMILES string of the molecule is O=[N+]([O-])OCCOCCOCCOCCOCCOCCOCCOCCOCCOCCOCCOCCOCCO[N+](=O)[O-]. The average Bonchev–Trinajstić information content (AvgIpc) is 3.03. The molecule has 20 nitrogen and oxygen atoms in total.